The van der Waals surface area contributed by atoms with Gasteiger partial charge in [0.05, 0.1) is 11.3 Å². The zero-order chi connectivity index (χ0) is 13.8. The largest absolute Gasteiger partial charge is 0.477 e. The minimum Gasteiger partial charge on any atom is -0.477 e. The number of carboxylic acid groups (broad SMARTS) is 1. The number of rotatable bonds is 4. The van der Waals surface area contributed by atoms with Gasteiger partial charge >= 0.3 is 5.97 Å². The van der Waals surface area contributed by atoms with E-state index in [1.165, 1.54) is 11.3 Å². The van der Waals surface area contributed by atoms with Crippen LogP contribution in [0.15, 0.2) is 34.8 Å². The lowest BCUT2D eigenvalue weighted by Gasteiger charge is -2.07. The highest BCUT2D eigenvalue weighted by atomic mass is 79.9. The standard InChI is InChI=1S/C13H9BrN2O2S/c14-9-1-3-11(8(5-9)6-15)16-7-10-2-4-12(19-10)13(17)18/h1-5,16H,7H2,(H,17,18). The van der Waals surface area contributed by atoms with E-state index < -0.39 is 5.97 Å². The number of hydrogen-bond donors (Lipinski definition) is 2. The Hall–Kier alpha value is -1.84. The van der Waals surface area contributed by atoms with Crippen LogP contribution in [-0.2, 0) is 6.54 Å². The SMILES string of the molecule is N#Cc1cc(Br)ccc1NCc1ccc(C(=O)O)s1. The fourth-order valence-corrected chi connectivity index (χ4v) is 2.68. The molecule has 0 fully saturated rings. The first-order chi connectivity index (χ1) is 9.10. The van der Waals surface area contributed by atoms with Gasteiger partial charge in [-0.2, -0.15) is 5.26 Å². The average Bonchev–Trinajstić information content (AvgIpc) is 2.86. The van der Waals surface area contributed by atoms with Crippen LogP contribution in [0.5, 0.6) is 0 Å². The normalized spacial score (nSPS) is 9.89. The molecule has 1 heterocycles. The molecule has 0 aliphatic heterocycles. The van der Waals surface area contributed by atoms with Crippen molar-refractivity contribution in [2.45, 2.75) is 6.54 Å². The van der Waals surface area contributed by atoms with Gasteiger partial charge in [0.15, 0.2) is 0 Å². The van der Waals surface area contributed by atoms with Gasteiger partial charge in [-0.3, -0.25) is 0 Å². The van der Waals surface area contributed by atoms with Crippen molar-refractivity contribution in [1.82, 2.24) is 0 Å². The van der Waals surface area contributed by atoms with Gasteiger partial charge < -0.3 is 10.4 Å². The molecule has 0 unspecified atom stereocenters. The molecule has 0 spiro atoms. The summed E-state index contributed by atoms with van der Waals surface area (Å²) in [5, 5.41) is 21.0. The van der Waals surface area contributed by atoms with Gasteiger partial charge in [0.1, 0.15) is 10.9 Å². The maximum absolute atomic E-state index is 10.8. The molecule has 96 valence electrons. The number of carbonyl (C=O) groups is 1. The number of thiophene rings is 1. The van der Waals surface area contributed by atoms with Crippen molar-refractivity contribution in [3.05, 3.63) is 50.1 Å². The van der Waals surface area contributed by atoms with Gasteiger partial charge in [0, 0.05) is 15.9 Å². The van der Waals surface area contributed by atoms with Gasteiger partial charge in [0.25, 0.3) is 0 Å². The van der Waals surface area contributed by atoms with E-state index in [4.69, 9.17) is 10.4 Å². The van der Waals surface area contributed by atoms with E-state index in [2.05, 4.69) is 27.3 Å². The van der Waals surface area contributed by atoms with Crippen molar-refractivity contribution < 1.29 is 9.90 Å². The summed E-state index contributed by atoms with van der Waals surface area (Å²) >= 11 is 4.53. The number of hydrogen-bond acceptors (Lipinski definition) is 4. The Labute approximate surface area is 122 Å². The minimum atomic E-state index is -0.919. The molecule has 0 saturated heterocycles. The van der Waals surface area contributed by atoms with Crippen LogP contribution in [0.3, 0.4) is 0 Å². The molecular weight excluding hydrogens is 328 g/mol. The highest BCUT2D eigenvalue weighted by Crippen LogP contribution is 2.22. The van der Waals surface area contributed by atoms with Crippen LogP contribution in [0.4, 0.5) is 5.69 Å². The van der Waals surface area contributed by atoms with E-state index in [0.717, 1.165) is 15.0 Å². The van der Waals surface area contributed by atoms with Crippen LogP contribution in [-0.4, -0.2) is 11.1 Å². The molecular formula is C13H9BrN2O2S. The Bertz CT molecular complexity index is 661. The lowest BCUT2D eigenvalue weighted by atomic mass is 10.2. The van der Waals surface area contributed by atoms with Crippen molar-refractivity contribution in [2.24, 2.45) is 0 Å². The summed E-state index contributed by atoms with van der Waals surface area (Å²) < 4.78 is 0.846. The second-order valence-electron chi connectivity index (χ2n) is 3.73. The number of anilines is 1. The minimum absolute atomic E-state index is 0.313. The van der Waals surface area contributed by atoms with Gasteiger partial charge in [0.2, 0.25) is 0 Å². The van der Waals surface area contributed by atoms with Crippen molar-refractivity contribution in [3.8, 4) is 6.07 Å². The van der Waals surface area contributed by atoms with E-state index in [1.807, 2.05) is 12.1 Å². The maximum Gasteiger partial charge on any atom is 0.345 e. The van der Waals surface area contributed by atoms with Gasteiger partial charge in [-0.05, 0) is 30.3 Å². The zero-order valence-electron chi connectivity index (χ0n) is 9.68. The van der Waals surface area contributed by atoms with Crippen LogP contribution in [0.1, 0.15) is 20.1 Å². The second kappa shape index (κ2) is 5.87. The Morgan fingerprint density at radius 2 is 2.21 bits per heavy atom. The van der Waals surface area contributed by atoms with Crippen molar-refractivity contribution >= 4 is 38.9 Å². The molecule has 0 saturated carbocycles. The smallest absolute Gasteiger partial charge is 0.345 e. The number of halogens is 1. The van der Waals surface area contributed by atoms with Crippen molar-refractivity contribution in [3.63, 3.8) is 0 Å². The molecule has 2 aromatic rings. The molecule has 2 N–H and O–H groups in total. The summed E-state index contributed by atoms with van der Waals surface area (Å²) in [6.07, 6.45) is 0. The van der Waals surface area contributed by atoms with E-state index in [9.17, 15) is 4.79 Å². The summed E-state index contributed by atoms with van der Waals surface area (Å²) in [6.45, 7) is 0.494. The highest BCUT2D eigenvalue weighted by molar-refractivity contribution is 9.10. The monoisotopic (exact) mass is 336 g/mol. The Morgan fingerprint density at radius 1 is 1.42 bits per heavy atom. The summed E-state index contributed by atoms with van der Waals surface area (Å²) in [5.41, 5.74) is 1.28. The number of aromatic carboxylic acids is 1. The third kappa shape index (κ3) is 3.34. The molecule has 19 heavy (non-hydrogen) atoms. The van der Waals surface area contributed by atoms with Crippen LogP contribution >= 0.6 is 27.3 Å². The first kappa shape index (κ1) is 13.6. The lowest BCUT2D eigenvalue weighted by molar-refractivity contribution is 0.0702. The van der Waals surface area contributed by atoms with Crippen LogP contribution in [0.2, 0.25) is 0 Å². The molecule has 0 radical (unpaired) electrons. The molecule has 4 nitrogen and oxygen atoms in total. The second-order valence-corrected chi connectivity index (χ2v) is 5.81. The molecule has 2 rings (SSSR count). The van der Waals surface area contributed by atoms with Gasteiger partial charge in [-0.1, -0.05) is 15.9 Å². The Kier molecular flexibility index (Phi) is 4.20. The zero-order valence-corrected chi connectivity index (χ0v) is 12.1. The van der Waals surface area contributed by atoms with E-state index >= 15 is 0 Å². The molecule has 6 heteroatoms. The highest BCUT2D eigenvalue weighted by Gasteiger charge is 2.07. The van der Waals surface area contributed by atoms with Crippen LogP contribution in [0, 0.1) is 11.3 Å². The maximum atomic E-state index is 10.8. The number of nitrogens with one attached hydrogen (secondary N) is 1. The fraction of sp³-hybridized carbons (Fsp3) is 0.0769. The van der Waals surface area contributed by atoms with Crippen LogP contribution < -0.4 is 5.32 Å². The van der Waals surface area contributed by atoms with E-state index in [0.29, 0.717) is 17.0 Å². The van der Waals surface area contributed by atoms with Crippen molar-refractivity contribution in [1.29, 1.82) is 5.26 Å². The summed E-state index contributed by atoms with van der Waals surface area (Å²) in [4.78, 5) is 12.0. The van der Waals surface area contributed by atoms with E-state index in [-0.39, 0.29) is 0 Å². The average molecular weight is 337 g/mol. The quantitative estimate of drug-likeness (QED) is 0.892. The fourth-order valence-electron chi connectivity index (χ4n) is 1.53. The molecule has 0 bridgehead atoms. The summed E-state index contributed by atoms with van der Waals surface area (Å²) in [7, 11) is 0. The van der Waals surface area contributed by atoms with Crippen molar-refractivity contribution in [2.75, 3.05) is 5.32 Å². The Morgan fingerprint density at radius 3 is 2.84 bits per heavy atom. The number of carboxylic acids is 1. The molecule has 0 amide bonds. The van der Waals surface area contributed by atoms with Gasteiger partial charge in [-0.25, -0.2) is 4.79 Å². The molecule has 0 aliphatic rings. The molecule has 1 aromatic carbocycles. The third-order valence-corrected chi connectivity index (χ3v) is 3.99. The Balaban J connectivity index is 2.10. The molecule has 0 atom stereocenters. The topological polar surface area (TPSA) is 73.1 Å². The predicted octanol–water partition coefficient (Wildman–Crippen LogP) is 3.69. The molecule has 1 aromatic heterocycles. The predicted molar refractivity (Wildman–Crippen MR) is 77.5 cm³/mol. The first-order valence-electron chi connectivity index (χ1n) is 5.35. The number of benzene rings is 1. The van der Waals surface area contributed by atoms with E-state index in [1.54, 1.807) is 18.2 Å². The lowest BCUT2D eigenvalue weighted by Crippen LogP contribution is -1.99. The third-order valence-electron chi connectivity index (χ3n) is 2.43. The summed E-state index contributed by atoms with van der Waals surface area (Å²) in [6, 6.07) is 10.9. The first-order valence-corrected chi connectivity index (χ1v) is 6.96. The number of nitrogens with zero attached hydrogens (tertiary/aromatic N) is 1. The summed E-state index contributed by atoms with van der Waals surface area (Å²) in [5.74, 6) is -0.919. The molecule has 0 aliphatic carbocycles. The van der Waals surface area contributed by atoms with Crippen LogP contribution in [0.25, 0.3) is 0 Å². The number of nitriles is 1. The van der Waals surface area contributed by atoms with Gasteiger partial charge in [-0.15, -0.1) is 11.3 Å².